The van der Waals surface area contributed by atoms with Gasteiger partial charge in [-0.3, -0.25) is 14.3 Å². The van der Waals surface area contributed by atoms with Crippen LogP contribution in [0, 0.1) is 0 Å². The van der Waals surface area contributed by atoms with E-state index in [1.54, 1.807) is 12.1 Å². The molecule has 2 amide bonds. The summed E-state index contributed by atoms with van der Waals surface area (Å²) in [6, 6.07) is 5.46. The molecule has 7 nitrogen and oxygen atoms in total. The third kappa shape index (κ3) is 5.07. The first kappa shape index (κ1) is 20.4. The Morgan fingerprint density at radius 2 is 1.85 bits per heavy atom. The number of hydrogen-bond donors (Lipinski definition) is 2. The third-order valence-corrected chi connectivity index (χ3v) is 3.48. The lowest BCUT2D eigenvalue weighted by Gasteiger charge is -2.15. The number of anilines is 2. The second kappa shape index (κ2) is 8.21. The highest BCUT2D eigenvalue weighted by Crippen LogP contribution is 2.34. The van der Waals surface area contributed by atoms with Crippen molar-refractivity contribution in [3.05, 3.63) is 41.7 Å². The number of carbonyl (C=O) groups is 2. The molecule has 0 radical (unpaired) electrons. The molecule has 0 fully saturated rings. The number of benzene rings is 1. The minimum atomic E-state index is -4.73. The van der Waals surface area contributed by atoms with Gasteiger partial charge in [0.2, 0.25) is 5.91 Å². The fourth-order valence-electron chi connectivity index (χ4n) is 2.40. The summed E-state index contributed by atoms with van der Waals surface area (Å²) in [5.41, 5.74) is -1.10. The van der Waals surface area contributed by atoms with Gasteiger partial charge in [0.15, 0.2) is 5.69 Å². The summed E-state index contributed by atoms with van der Waals surface area (Å²) in [5, 5.41) is 8.62. The highest BCUT2D eigenvalue weighted by molar-refractivity contribution is 6.05. The molecule has 1 aromatic carbocycles. The average molecular weight is 384 g/mol. The van der Waals surface area contributed by atoms with Crippen LogP contribution in [0.5, 0.6) is 0 Å². The molecule has 0 aliphatic rings. The van der Waals surface area contributed by atoms with E-state index >= 15 is 0 Å². The second-order valence-corrected chi connectivity index (χ2v) is 5.96. The van der Waals surface area contributed by atoms with Gasteiger partial charge in [0.1, 0.15) is 6.61 Å². The van der Waals surface area contributed by atoms with Crippen molar-refractivity contribution in [3.8, 4) is 0 Å². The summed E-state index contributed by atoms with van der Waals surface area (Å²) in [7, 11) is 1.37. The molecule has 0 saturated heterocycles. The van der Waals surface area contributed by atoms with Crippen LogP contribution in [0.1, 0.15) is 35.9 Å². The van der Waals surface area contributed by atoms with E-state index in [4.69, 9.17) is 4.74 Å². The van der Waals surface area contributed by atoms with E-state index in [0.29, 0.717) is 5.69 Å². The molecule has 27 heavy (non-hydrogen) atoms. The van der Waals surface area contributed by atoms with Crippen LogP contribution in [0.4, 0.5) is 24.5 Å². The normalized spacial score (nSPS) is 11.5. The molecular weight excluding hydrogens is 365 g/mol. The Labute approximate surface area is 153 Å². The minimum absolute atomic E-state index is 0.153. The Morgan fingerprint density at radius 3 is 2.41 bits per heavy atom. The van der Waals surface area contributed by atoms with Gasteiger partial charge in [0.25, 0.3) is 5.91 Å². The summed E-state index contributed by atoms with van der Waals surface area (Å²) < 4.78 is 45.6. The van der Waals surface area contributed by atoms with Crippen LogP contribution >= 0.6 is 0 Å². The highest BCUT2D eigenvalue weighted by Gasteiger charge is 2.40. The largest absolute Gasteiger partial charge is 0.433 e. The molecule has 146 valence electrons. The molecule has 0 spiro atoms. The quantitative estimate of drug-likeness (QED) is 0.800. The van der Waals surface area contributed by atoms with E-state index < -0.39 is 35.3 Å². The number of hydrogen-bond acceptors (Lipinski definition) is 4. The topological polar surface area (TPSA) is 85.2 Å². The maximum Gasteiger partial charge on any atom is 0.433 e. The molecule has 0 bridgehead atoms. The third-order valence-electron chi connectivity index (χ3n) is 3.48. The van der Waals surface area contributed by atoms with Crippen molar-refractivity contribution in [1.82, 2.24) is 9.78 Å². The van der Waals surface area contributed by atoms with Crippen LogP contribution in [-0.4, -0.2) is 35.3 Å². The Morgan fingerprint density at radius 1 is 1.22 bits per heavy atom. The summed E-state index contributed by atoms with van der Waals surface area (Å²) >= 11 is 0. The predicted octanol–water partition coefficient (Wildman–Crippen LogP) is 3.32. The van der Waals surface area contributed by atoms with Gasteiger partial charge in [0, 0.05) is 24.5 Å². The zero-order valence-corrected chi connectivity index (χ0v) is 14.9. The number of nitrogens with one attached hydrogen (secondary N) is 2. The SMILES string of the molecule is COCC(=O)Nc1cccc(NC(=O)c2cnn(C(C)C)c2C(F)(F)F)c1. The zero-order chi connectivity index (χ0) is 20.2. The molecule has 0 unspecified atom stereocenters. The van der Waals surface area contributed by atoms with E-state index in [2.05, 4.69) is 15.7 Å². The fraction of sp³-hybridized carbons (Fsp3) is 0.353. The summed E-state index contributed by atoms with van der Waals surface area (Å²) in [5.74, 6) is -1.35. The monoisotopic (exact) mass is 384 g/mol. The van der Waals surface area contributed by atoms with E-state index in [0.717, 1.165) is 10.9 Å². The number of aromatic nitrogens is 2. The van der Waals surface area contributed by atoms with Gasteiger partial charge in [-0.25, -0.2) is 0 Å². The Balaban J connectivity index is 2.25. The van der Waals surface area contributed by atoms with Gasteiger partial charge in [-0.1, -0.05) is 6.07 Å². The molecule has 0 atom stereocenters. The average Bonchev–Trinajstić information content (AvgIpc) is 3.01. The number of nitrogens with zero attached hydrogens (tertiary/aromatic N) is 2. The Bertz CT molecular complexity index is 831. The second-order valence-electron chi connectivity index (χ2n) is 5.96. The lowest BCUT2D eigenvalue weighted by atomic mass is 10.2. The molecule has 2 rings (SSSR count). The predicted molar refractivity (Wildman–Crippen MR) is 92.5 cm³/mol. The summed E-state index contributed by atoms with van der Waals surface area (Å²) in [6.07, 6.45) is -3.84. The summed E-state index contributed by atoms with van der Waals surface area (Å²) in [4.78, 5) is 23.9. The molecule has 0 aliphatic heterocycles. The van der Waals surface area contributed by atoms with Crippen molar-refractivity contribution in [2.24, 2.45) is 0 Å². The van der Waals surface area contributed by atoms with Crippen molar-refractivity contribution < 1.29 is 27.5 Å². The van der Waals surface area contributed by atoms with Crippen LogP contribution in [0.25, 0.3) is 0 Å². The number of rotatable bonds is 6. The number of amides is 2. The van der Waals surface area contributed by atoms with Crippen LogP contribution in [0.3, 0.4) is 0 Å². The Hall–Kier alpha value is -2.88. The van der Waals surface area contributed by atoms with E-state index in [-0.39, 0.29) is 12.3 Å². The van der Waals surface area contributed by atoms with Crippen molar-refractivity contribution >= 4 is 23.2 Å². The Kier molecular flexibility index (Phi) is 6.21. The first-order chi connectivity index (χ1) is 12.6. The molecule has 2 N–H and O–H groups in total. The van der Waals surface area contributed by atoms with Gasteiger partial charge in [-0.2, -0.15) is 18.3 Å². The maximum absolute atomic E-state index is 13.4. The number of ether oxygens (including phenoxy) is 1. The zero-order valence-electron chi connectivity index (χ0n) is 14.9. The van der Waals surface area contributed by atoms with Gasteiger partial charge in [-0.05, 0) is 32.0 Å². The van der Waals surface area contributed by atoms with Gasteiger partial charge in [-0.15, -0.1) is 0 Å². The van der Waals surface area contributed by atoms with Crippen molar-refractivity contribution in [1.29, 1.82) is 0 Å². The smallest absolute Gasteiger partial charge is 0.375 e. The first-order valence-electron chi connectivity index (χ1n) is 7.98. The number of alkyl halides is 3. The molecular formula is C17H19F3N4O3. The van der Waals surface area contributed by atoms with Crippen molar-refractivity contribution in [3.63, 3.8) is 0 Å². The van der Waals surface area contributed by atoms with Crippen LogP contribution in [0.15, 0.2) is 30.5 Å². The van der Waals surface area contributed by atoms with Gasteiger partial charge < -0.3 is 15.4 Å². The fourth-order valence-corrected chi connectivity index (χ4v) is 2.40. The molecule has 10 heteroatoms. The summed E-state index contributed by atoms with van der Waals surface area (Å²) in [6.45, 7) is 2.92. The van der Waals surface area contributed by atoms with Crippen molar-refractivity contribution in [2.75, 3.05) is 24.4 Å². The van der Waals surface area contributed by atoms with E-state index in [1.807, 2.05) is 0 Å². The van der Waals surface area contributed by atoms with Crippen LogP contribution < -0.4 is 10.6 Å². The van der Waals surface area contributed by atoms with Gasteiger partial charge in [0.05, 0.1) is 11.8 Å². The molecule has 0 saturated carbocycles. The highest BCUT2D eigenvalue weighted by atomic mass is 19.4. The van der Waals surface area contributed by atoms with Gasteiger partial charge >= 0.3 is 6.18 Å². The minimum Gasteiger partial charge on any atom is -0.375 e. The number of methoxy groups -OCH3 is 1. The number of halogens is 3. The van der Waals surface area contributed by atoms with Crippen LogP contribution in [-0.2, 0) is 15.7 Å². The lowest BCUT2D eigenvalue weighted by Crippen LogP contribution is -2.22. The van der Waals surface area contributed by atoms with Crippen molar-refractivity contribution in [2.45, 2.75) is 26.1 Å². The standard InChI is InChI=1S/C17H19F3N4O3/c1-10(2)24-15(17(18,19)20)13(8-21-24)16(26)23-12-6-4-5-11(7-12)22-14(25)9-27-3/h4-8,10H,9H2,1-3H3,(H,22,25)(H,23,26). The molecule has 0 aliphatic carbocycles. The molecule has 1 heterocycles. The number of carbonyl (C=O) groups excluding carboxylic acids is 2. The van der Waals surface area contributed by atoms with E-state index in [9.17, 15) is 22.8 Å². The van der Waals surface area contributed by atoms with Crippen LogP contribution in [0.2, 0.25) is 0 Å². The van der Waals surface area contributed by atoms with E-state index in [1.165, 1.54) is 33.1 Å². The lowest BCUT2D eigenvalue weighted by molar-refractivity contribution is -0.145. The first-order valence-corrected chi connectivity index (χ1v) is 7.98. The molecule has 1 aromatic heterocycles. The molecule has 2 aromatic rings. The maximum atomic E-state index is 13.4.